The van der Waals surface area contributed by atoms with Crippen LogP contribution in [0.2, 0.25) is 0 Å². The largest absolute Gasteiger partial charge is 0.360 e. The van der Waals surface area contributed by atoms with Gasteiger partial charge in [-0.05, 0) is 19.3 Å². The van der Waals surface area contributed by atoms with Crippen molar-refractivity contribution in [3.63, 3.8) is 0 Å². The van der Waals surface area contributed by atoms with Gasteiger partial charge in [-0.15, -0.1) is 0 Å². The maximum Gasteiger partial charge on any atom is 0.273 e. The number of carbonyl (C=O) groups excluding carboxylic acids is 1. The fourth-order valence-electron chi connectivity index (χ4n) is 2.88. The highest BCUT2D eigenvalue weighted by atomic mass is 16.5. The summed E-state index contributed by atoms with van der Waals surface area (Å²) in [5.41, 5.74) is 0.375. The first-order valence-corrected chi connectivity index (χ1v) is 7.92. The van der Waals surface area contributed by atoms with E-state index in [1.54, 1.807) is 6.07 Å². The van der Waals surface area contributed by atoms with Gasteiger partial charge in [0.25, 0.3) is 5.91 Å². The molecule has 2 aromatic heterocycles. The van der Waals surface area contributed by atoms with Crippen LogP contribution in [0.1, 0.15) is 66.5 Å². The number of aromatic amines is 1. The Hall–Kier alpha value is -2.18. The van der Waals surface area contributed by atoms with E-state index in [1.807, 2.05) is 0 Å². The van der Waals surface area contributed by atoms with Crippen molar-refractivity contribution in [2.45, 2.75) is 50.9 Å². The first-order valence-electron chi connectivity index (χ1n) is 7.92. The van der Waals surface area contributed by atoms with Crippen LogP contribution in [0, 0.1) is 0 Å². The predicted molar refractivity (Wildman–Crippen MR) is 79.4 cm³/mol. The lowest BCUT2D eigenvalue weighted by molar-refractivity contribution is 0.0944. The molecule has 1 amide bonds. The van der Waals surface area contributed by atoms with Gasteiger partial charge in [0.05, 0.1) is 0 Å². The number of hydrogen-bond acceptors (Lipinski definition) is 5. The molecule has 7 heteroatoms. The summed E-state index contributed by atoms with van der Waals surface area (Å²) in [4.78, 5) is 16.1. The molecule has 22 heavy (non-hydrogen) atoms. The minimum absolute atomic E-state index is 0.177. The normalized spacial score (nSPS) is 15.8. The van der Waals surface area contributed by atoms with Gasteiger partial charge in [-0.3, -0.25) is 9.89 Å². The van der Waals surface area contributed by atoms with Gasteiger partial charge in [0.2, 0.25) is 0 Å². The van der Waals surface area contributed by atoms with Crippen LogP contribution in [-0.4, -0.2) is 32.8 Å². The quantitative estimate of drug-likeness (QED) is 0.797. The zero-order valence-electron chi connectivity index (χ0n) is 12.5. The fraction of sp³-hybridized carbons (Fsp3) is 0.600. The molecule has 0 atom stereocenters. The highest BCUT2D eigenvalue weighted by Crippen LogP contribution is 2.32. The van der Waals surface area contributed by atoms with Crippen LogP contribution >= 0.6 is 0 Å². The first kappa shape index (κ1) is 14.7. The minimum Gasteiger partial charge on any atom is -0.360 e. The summed E-state index contributed by atoms with van der Waals surface area (Å²) in [6.07, 6.45) is 9.06. The van der Waals surface area contributed by atoms with E-state index < -0.39 is 0 Å². The Kier molecular flexibility index (Phi) is 4.82. The monoisotopic (exact) mass is 303 g/mol. The standard InChI is InChI=1S/C15H21N5O2/c21-15(16-8-4-7-14-17-10-18-19-14)12-9-13(22-20-12)11-5-2-1-3-6-11/h9-11H,1-8H2,(H,16,21)(H,17,18,19). The summed E-state index contributed by atoms with van der Waals surface area (Å²) in [7, 11) is 0. The average Bonchev–Trinajstić information content (AvgIpc) is 3.24. The molecule has 0 aromatic carbocycles. The Morgan fingerprint density at radius 3 is 3.00 bits per heavy atom. The molecule has 0 bridgehead atoms. The molecule has 0 spiro atoms. The number of H-pyrrole nitrogens is 1. The predicted octanol–water partition coefficient (Wildman–Crippen LogP) is 2.20. The number of rotatable bonds is 6. The molecule has 2 aromatic rings. The van der Waals surface area contributed by atoms with Gasteiger partial charge in [-0.1, -0.05) is 24.4 Å². The summed E-state index contributed by atoms with van der Waals surface area (Å²) in [6, 6.07) is 1.79. The highest BCUT2D eigenvalue weighted by molar-refractivity contribution is 5.92. The summed E-state index contributed by atoms with van der Waals surface area (Å²) >= 11 is 0. The summed E-state index contributed by atoms with van der Waals surface area (Å²) in [6.45, 7) is 0.575. The van der Waals surface area contributed by atoms with Gasteiger partial charge in [0.15, 0.2) is 5.69 Å². The zero-order chi connectivity index (χ0) is 15.2. The second-order valence-electron chi connectivity index (χ2n) is 5.74. The van der Waals surface area contributed by atoms with Crippen molar-refractivity contribution in [1.82, 2.24) is 25.7 Å². The second-order valence-corrected chi connectivity index (χ2v) is 5.74. The molecule has 118 valence electrons. The molecule has 3 rings (SSSR count). The van der Waals surface area contributed by atoms with E-state index in [2.05, 4.69) is 25.7 Å². The fourth-order valence-corrected chi connectivity index (χ4v) is 2.88. The van der Waals surface area contributed by atoms with Crippen molar-refractivity contribution in [1.29, 1.82) is 0 Å². The van der Waals surface area contributed by atoms with Gasteiger partial charge in [-0.2, -0.15) is 5.10 Å². The third-order valence-corrected chi connectivity index (χ3v) is 4.11. The van der Waals surface area contributed by atoms with E-state index in [1.165, 1.54) is 25.6 Å². The van der Waals surface area contributed by atoms with Gasteiger partial charge in [0, 0.05) is 24.9 Å². The van der Waals surface area contributed by atoms with E-state index in [-0.39, 0.29) is 5.91 Å². The lowest BCUT2D eigenvalue weighted by Gasteiger charge is -2.18. The maximum atomic E-state index is 12.0. The van der Waals surface area contributed by atoms with Crippen molar-refractivity contribution in [2.24, 2.45) is 0 Å². The molecule has 2 heterocycles. The molecule has 1 aliphatic carbocycles. The van der Waals surface area contributed by atoms with Crippen molar-refractivity contribution in [3.05, 3.63) is 29.7 Å². The Balaban J connectivity index is 1.44. The Morgan fingerprint density at radius 2 is 2.23 bits per heavy atom. The molecule has 0 aliphatic heterocycles. The summed E-state index contributed by atoms with van der Waals surface area (Å²) < 4.78 is 5.36. The number of nitrogens with one attached hydrogen (secondary N) is 2. The Labute approximate surface area is 128 Å². The number of aryl methyl sites for hydroxylation is 1. The maximum absolute atomic E-state index is 12.0. The third-order valence-electron chi connectivity index (χ3n) is 4.11. The lowest BCUT2D eigenvalue weighted by Crippen LogP contribution is -2.25. The van der Waals surface area contributed by atoms with Crippen LogP contribution in [0.5, 0.6) is 0 Å². The van der Waals surface area contributed by atoms with Crippen LogP contribution in [0.25, 0.3) is 0 Å². The number of aromatic nitrogens is 4. The lowest BCUT2D eigenvalue weighted by atomic mass is 9.87. The molecule has 1 saturated carbocycles. The van der Waals surface area contributed by atoms with Crippen LogP contribution in [0.3, 0.4) is 0 Å². The summed E-state index contributed by atoms with van der Waals surface area (Å²) in [5.74, 6) is 1.93. The van der Waals surface area contributed by atoms with Crippen molar-refractivity contribution >= 4 is 5.91 Å². The molecule has 1 fully saturated rings. The number of nitrogens with zero attached hydrogens (tertiary/aromatic N) is 3. The number of amides is 1. The first-order chi connectivity index (χ1) is 10.8. The van der Waals surface area contributed by atoms with E-state index in [4.69, 9.17) is 4.52 Å². The number of hydrogen-bond donors (Lipinski definition) is 2. The molecular formula is C15H21N5O2. The molecule has 7 nitrogen and oxygen atoms in total. The van der Waals surface area contributed by atoms with Crippen molar-refractivity contribution < 1.29 is 9.32 Å². The molecular weight excluding hydrogens is 282 g/mol. The van der Waals surface area contributed by atoms with Gasteiger partial charge < -0.3 is 9.84 Å². The third kappa shape index (κ3) is 3.72. The molecule has 2 N–H and O–H groups in total. The minimum atomic E-state index is -0.177. The van der Waals surface area contributed by atoms with E-state index in [9.17, 15) is 4.79 Å². The second kappa shape index (κ2) is 7.20. The van der Waals surface area contributed by atoms with Crippen LogP contribution < -0.4 is 5.32 Å². The van der Waals surface area contributed by atoms with Gasteiger partial charge in [0.1, 0.15) is 17.9 Å². The van der Waals surface area contributed by atoms with E-state index in [0.29, 0.717) is 18.2 Å². The van der Waals surface area contributed by atoms with Gasteiger partial charge >= 0.3 is 0 Å². The smallest absolute Gasteiger partial charge is 0.273 e. The van der Waals surface area contributed by atoms with E-state index >= 15 is 0 Å². The SMILES string of the molecule is O=C(NCCCc1ncn[nH]1)c1cc(C2CCCCC2)on1. The highest BCUT2D eigenvalue weighted by Gasteiger charge is 2.21. The van der Waals surface area contributed by atoms with Crippen LogP contribution in [-0.2, 0) is 6.42 Å². The molecule has 0 saturated heterocycles. The van der Waals surface area contributed by atoms with E-state index in [0.717, 1.165) is 37.3 Å². The van der Waals surface area contributed by atoms with Crippen LogP contribution in [0.15, 0.2) is 16.9 Å². The summed E-state index contributed by atoms with van der Waals surface area (Å²) in [5, 5.41) is 13.3. The topological polar surface area (TPSA) is 96.7 Å². The Bertz CT molecular complexity index is 587. The van der Waals surface area contributed by atoms with Crippen molar-refractivity contribution in [2.75, 3.05) is 6.54 Å². The molecule has 0 unspecified atom stereocenters. The zero-order valence-corrected chi connectivity index (χ0v) is 12.5. The molecule has 0 radical (unpaired) electrons. The van der Waals surface area contributed by atoms with Crippen molar-refractivity contribution in [3.8, 4) is 0 Å². The van der Waals surface area contributed by atoms with Crippen LogP contribution in [0.4, 0.5) is 0 Å². The molecule has 1 aliphatic rings. The van der Waals surface area contributed by atoms with Gasteiger partial charge in [-0.25, -0.2) is 4.98 Å². The Morgan fingerprint density at radius 1 is 1.36 bits per heavy atom. The average molecular weight is 303 g/mol. The number of carbonyl (C=O) groups is 1.